The number of fused-ring (bicyclic) bond motifs is 1. The van der Waals surface area contributed by atoms with Crippen molar-refractivity contribution in [3.8, 4) is 11.3 Å². The Hall–Kier alpha value is -2.72. The molecule has 124 valence electrons. The molecule has 1 atom stereocenters. The summed E-state index contributed by atoms with van der Waals surface area (Å²) in [5.41, 5.74) is 3.32. The third-order valence-corrected chi connectivity index (χ3v) is 5.27. The van der Waals surface area contributed by atoms with E-state index in [-0.39, 0.29) is 6.04 Å². The summed E-state index contributed by atoms with van der Waals surface area (Å²) in [4.78, 5) is 0. The van der Waals surface area contributed by atoms with E-state index in [9.17, 15) is 0 Å². The lowest BCUT2D eigenvalue weighted by atomic mass is 10.0. The molecule has 0 spiro atoms. The minimum absolute atomic E-state index is 0.223. The van der Waals surface area contributed by atoms with E-state index >= 15 is 0 Å². The molecule has 25 heavy (non-hydrogen) atoms. The summed E-state index contributed by atoms with van der Waals surface area (Å²) in [5.74, 6) is 0.853. The van der Waals surface area contributed by atoms with Gasteiger partial charge in [-0.05, 0) is 23.4 Å². The fraction of sp³-hybridized carbons (Fsp3) is 0.143. The van der Waals surface area contributed by atoms with E-state index < -0.39 is 0 Å². The summed E-state index contributed by atoms with van der Waals surface area (Å²) < 4.78 is 1.17. The Morgan fingerprint density at radius 1 is 0.920 bits per heavy atom. The van der Waals surface area contributed by atoms with Gasteiger partial charge < -0.3 is 5.32 Å². The summed E-state index contributed by atoms with van der Waals surface area (Å²) in [7, 11) is 0. The molecule has 1 N–H and O–H groups in total. The van der Waals surface area contributed by atoms with E-state index in [1.165, 1.54) is 10.3 Å². The smallest absolute Gasteiger partial charge is 0.157 e. The molecule has 0 amide bonds. The van der Waals surface area contributed by atoms with Gasteiger partial charge in [-0.25, -0.2) is 0 Å². The van der Waals surface area contributed by atoms with Crippen molar-refractivity contribution in [1.82, 2.24) is 10.2 Å². The zero-order chi connectivity index (χ0) is 17.1. The average Bonchev–Trinajstić information content (AvgIpc) is 3.17. The van der Waals surface area contributed by atoms with Gasteiger partial charge in [-0.15, -0.1) is 21.5 Å². The Kier molecular flexibility index (Phi) is 4.44. The number of nitrogens with one attached hydrogen (secondary N) is 1. The van der Waals surface area contributed by atoms with Crippen LogP contribution in [0.3, 0.4) is 0 Å². The van der Waals surface area contributed by atoms with Crippen LogP contribution in [0.25, 0.3) is 21.3 Å². The molecular weight excluding hydrogens is 326 g/mol. The molecule has 3 nitrogen and oxygen atoms in total. The van der Waals surface area contributed by atoms with Crippen molar-refractivity contribution in [2.75, 3.05) is 5.32 Å². The molecule has 0 aliphatic heterocycles. The molecule has 4 rings (SSSR count). The van der Waals surface area contributed by atoms with Crippen LogP contribution in [0.5, 0.6) is 0 Å². The molecule has 0 aliphatic carbocycles. The first kappa shape index (κ1) is 15.8. The zero-order valence-electron chi connectivity index (χ0n) is 14.0. The van der Waals surface area contributed by atoms with E-state index in [0.717, 1.165) is 28.9 Å². The largest absolute Gasteiger partial charge is 0.361 e. The maximum absolute atomic E-state index is 4.53. The van der Waals surface area contributed by atoms with Crippen molar-refractivity contribution in [1.29, 1.82) is 0 Å². The molecule has 2 aromatic carbocycles. The van der Waals surface area contributed by atoms with Crippen LogP contribution < -0.4 is 5.32 Å². The standard InChI is InChI=1S/C21H19N3S/c1-2-18(15-9-5-3-6-10-15)22-21-17-13-14-25-20(17)19(23-24-21)16-11-7-4-8-12-16/h3-14,18H,2H2,1H3,(H,22,24). The van der Waals surface area contributed by atoms with E-state index in [4.69, 9.17) is 0 Å². The van der Waals surface area contributed by atoms with Crippen LogP contribution in [0.4, 0.5) is 5.82 Å². The maximum Gasteiger partial charge on any atom is 0.157 e. The zero-order valence-corrected chi connectivity index (χ0v) is 14.8. The highest BCUT2D eigenvalue weighted by Crippen LogP contribution is 2.35. The predicted molar refractivity (Wildman–Crippen MR) is 106 cm³/mol. The van der Waals surface area contributed by atoms with Gasteiger partial charge in [-0.1, -0.05) is 67.6 Å². The molecule has 4 heteroatoms. The van der Waals surface area contributed by atoms with Crippen LogP contribution in [0.1, 0.15) is 24.9 Å². The Morgan fingerprint density at radius 3 is 2.36 bits per heavy atom. The minimum Gasteiger partial charge on any atom is -0.361 e. The van der Waals surface area contributed by atoms with E-state index in [0.29, 0.717) is 0 Å². The number of thiophene rings is 1. The van der Waals surface area contributed by atoms with Crippen molar-refractivity contribution in [3.63, 3.8) is 0 Å². The predicted octanol–water partition coefficient (Wildman–Crippen LogP) is 5.92. The summed E-state index contributed by atoms with van der Waals surface area (Å²) in [5, 5.41) is 15.9. The second-order valence-electron chi connectivity index (χ2n) is 5.94. The SMILES string of the molecule is CCC(Nc1nnc(-c2ccccc2)c2sccc12)c1ccccc1. The van der Waals surface area contributed by atoms with Gasteiger partial charge in [0.05, 0.1) is 10.7 Å². The van der Waals surface area contributed by atoms with Crippen LogP contribution in [-0.2, 0) is 0 Å². The second-order valence-corrected chi connectivity index (χ2v) is 6.86. The first-order valence-corrected chi connectivity index (χ1v) is 9.35. The number of nitrogens with zero attached hydrogens (tertiary/aromatic N) is 2. The number of hydrogen-bond acceptors (Lipinski definition) is 4. The Balaban J connectivity index is 1.73. The van der Waals surface area contributed by atoms with Gasteiger partial charge in [-0.3, -0.25) is 0 Å². The van der Waals surface area contributed by atoms with Crippen LogP contribution in [0.15, 0.2) is 72.1 Å². The molecule has 0 fully saturated rings. The van der Waals surface area contributed by atoms with Gasteiger partial charge >= 0.3 is 0 Å². The normalized spacial score (nSPS) is 12.2. The first-order valence-electron chi connectivity index (χ1n) is 8.47. The van der Waals surface area contributed by atoms with Crippen molar-refractivity contribution in [2.45, 2.75) is 19.4 Å². The third kappa shape index (κ3) is 3.13. The van der Waals surface area contributed by atoms with Crippen molar-refractivity contribution in [2.24, 2.45) is 0 Å². The summed E-state index contributed by atoms with van der Waals surface area (Å²) in [6.07, 6.45) is 0.984. The van der Waals surface area contributed by atoms with Gasteiger partial charge in [-0.2, -0.15) is 0 Å². The Morgan fingerprint density at radius 2 is 1.64 bits per heavy atom. The molecule has 2 heterocycles. The molecule has 0 saturated heterocycles. The lowest BCUT2D eigenvalue weighted by molar-refractivity contribution is 0.743. The average molecular weight is 345 g/mol. The molecule has 0 saturated carbocycles. The van der Waals surface area contributed by atoms with Gasteiger partial charge in [0.2, 0.25) is 0 Å². The number of hydrogen-bond donors (Lipinski definition) is 1. The Labute approximate surface area is 151 Å². The van der Waals surface area contributed by atoms with Crippen molar-refractivity contribution >= 4 is 27.2 Å². The van der Waals surface area contributed by atoms with Crippen LogP contribution in [0.2, 0.25) is 0 Å². The fourth-order valence-electron chi connectivity index (χ4n) is 3.04. The third-order valence-electron chi connectivity index (χ3n) is 4.35. The van der Waals surface area contributed by atoms with Crippen LogP contribution in [-0.4, -0.2) is 10.2 Å². The van der Waals surface area contributed by atoms with E-state index in [1.807, 2.05) is 24.3 Å². The van der Waals surface area contributed by atoms with E-state index in [1.54, 1.807) is 11.3 Å². The Bertz CT molecular complexity index is 964. The number of anilines is 1. The minimum atomic E-state index is 0.223. The highest BCUT2D eigenvalue weighted by molar-refractivity contribution is 7.17. The molecular formula is C21H19N3S. The van der Waals surface area contributed by atoms with Gasteiger partial charge in [0.1, 0.15) is 5.69 Å². The molecule has 4 aromatic rings. The lowest BCUT2D eigenvalue weighted by Gasteiger charge is -2.18. The summed E-state index contributed by atoms with van der Waals surface area (Å²) in [6, 6.07) is 23.1. The first-order chi connectivity index (χ1) is 12.4. The highest BCUT2D eigenvalue weighted by Gasteiger charge is 2.15. The quantitative estimate of drug-likeness (QED) is 0.488. The highest BCUT2D eigenvalue weighted by atomic mass is 32.1. The second kappa shape index (κ2) is 7.03. The molecule has 0 bridgehead atoms. The molecule has 0 aliphatic rings. The van der Waals surface area contributed by atoms with Crippen molar-refractivity contribution in [3.05, 3.63) is 77.7 Å². The summed E-state index contributed by atoms with van der Waals surface area (Å²) >= 11 is 1.71. The van der Waals surface area contributed by atoms with Crippen LogP contribution in [0, 0.1) is 0 Å². The number of rotatable bonds is 5. The lowest BCUT2D eigenvalue weighted by Crippen LogP contribution is -2.11. The molecule has 1 unspecified atom stereocenters. The monoisotopic (exact) mass is 345 g/mol. The molecule has 2 aromatic heterocycles. The molecule has 0 radical (unpaired) electrons. The number of aromatic nitrogens is 2. The fourth-order valence-corrected chi connectivity index (χ4v) is 3.94. The van der Waals surface area contributed by atoms with Gasteiger partial charge in [0, 0.05) is 10.9 Å². The van der Waals surface area contributed by atoms with Gasteiger partial charge in [0.15, 0.2) is 5.82 Å². The topological polar surface area (TPSA) is 37.8 Å². The van der Waals surface area contributed by atoms with Crippen molar-refractivity contribution < 1.29 is 0 Å². The van der Waals surface area contributed by atoms with E-state index in [2.05, 4.69) is 70.3 Å². The maximum atomic E-state index is 4.53. The number of benzene rings is 2. The van der Waals surface area contributed by atoms with Crippen LogP contribution >= 0.6 is 11.3 Å². The summed E-state index contributed by atoms with van der Waals surface area (Å²) in [6.45, 7) is 2.18. The van der Waals surface area contributed by atoms with Gasteiger partial charge in [0.25, 0.3) is 0 Å².